The lowest BCUT2D eigenvalue weighted by Gasteiger charge is -2.27. The van der Waals surface area contributed by atoms with Gasteiger partial charge in [-0.1, -0.05) is 26.0 Å². The van der Waals surface area contributed by atoms with Crippen molar-refractivity contribution in [2.45, 2.75) is 38.7 Å². The van der Waals surface area contributed by atoms with Gasteiger partial charge in [0.05, 0.1) is 6.10 Å². The van der Waals surface area contributed by atoms with Gasteiger partial charge in [-0.25, -0.2) is 8.78 Å². The summed E-state index contributed by atoms with van der Waals surface area (Å²) >= 11 is 0. The first-order valence-corrected chi connectivity index (χ1v) is 4.97. The second kappa shape index (κ2) is 4.27. The van der Waals surface area contributed by atoms with Crippen molar-refractivity contribution in [3.63, 3.8) is 0 Å². The number of halogens is 2. The highest BCUT2D eigenvalue weighted by Gasteiger charge is 2.27. The molecule has 1 nitrogen and oxygen atoms in total. The summed E-state index contributed by atoms with van der Waals surface area (Å²) in [6.07, 6.45) is -0.143. The fourth-order valence-electron chi connectivity index (χ4n) is 1.87. The molecule has 1 unspecified atom stereocenters. The highest BCUT2D eigenvalue weighted by molar-refractivity contribution is 5.26. The van der Waals surface area contributed by atoms with E-state index in [4.69, 9.17) is 0 Å². The highest BCUT2D eigenvalue weighted by Crippen LogP contribution is 2.31. The van der Waals surface area contributed by atoms with Gasteiger partial charge in [-0.3, -0.25) is 0 Å². The van der Waals surface area contributed by atoms with E-state index >= 15 is 0 Å². The lowest BCUT2D eigenvalue weighted by atomic mass is 9.79. The molecule has 0 amide bonds. The summed E-state index contributed by atoms with van der Waals surface area (Å²) in [6, 6.07) is 4.13. The summed E-state index contributed by atoms with van der Waals surface area (Å²) in [5, 5.41) is 9.29. The third-order valence-electron chi connectivity index (χ3n) is 2.49. The third kappa shape index (κ3) is 2.75. The molecule has 0 saturated heterocycles. The minimum absolute atomic E-state index is 0.309. The van der Waals surface area contributed by atoms with Gasteiger partial charge in [0.15, 0.2) is 11.6 Å². The van der Waals surface area contributed by atoms with Gasteiger partial charge in [0, 0.05) is 0 Å². The molecular formula is C12H16F2O. The number of aliphatic hydroxyl groups excluding tert-OH is 1. The van der Waals surface area contributed by atoms with Crippen molar-refractivity contribution in [2.75, 3.05) is 0 Å². The summed E-state index contributed by atoms with van der Waals surface area (Å²) in [4.78, 5) is 0. The van der Waals surface area contributed by atoms with Crippen molar-refractivity contribution in [3.05, 3.63) is 35.4 Å². The number of hydrogen-bond donors (Lipinski definition) is 1. The van der Waals surface area contributed by atoms with E-state index in [0.29, 0.717) is 12.0 Å². The molecule has 0 heterocycles. The Morgan fingerprint density at radius 2 is 1.93 bits per heavy atom. The third-order valence-corrected chi connectivity index (χ3v) is 2.49. The lowest BCUT2D eigenvalue weighted by Crippen LogP contribution is -2.24. The van der Waals surface area contributed by atoms with Gasteiger partial charge in [0.25, 0.3) is 0 Å². The molecule has 3 heteroatoms. The van der Waals surface area contributed by atoms with Crippen LogP contribution in [0.3, 0.4) is 0 Å². The van der Waals surface area contributed by atoms with Crippen molar-refractivity contribution in [1.82, 2.24) is 0 Å². The molecule has 0 bridgehead atoms. The van der Waals surface area contributed by atoms with Crippen LogP contribution in [0.4, 0.5) is 8.78 Å². The Labute approximate surface area is 88.7 Å². The zero-order valence-electron chi connectivity index (χ0n) is 9.22. The molecule has 0 aliphatic heterocycles. The van der Waals surface area contributed by atoms with Crippen LogP contribution in [-0.4, -0.2) is 11.2 Å². The maximum Gasteiger partial charge on any atom is 0.162 e. The maximum atomic E-state index is 13.5. The first-order valence-electron chi connectivity index (χ1n) is 4.97. The summed E-state index contributed by atoms with van der Waals surface area (Å²) in [7, 11) is 0. The van der Waals surface area contributed by atoms with Gasteiger partial charge in [-0.2, -0.15) is 0 Å². The van der Waals surface area contributed by atoms with E-state index in [1.807, 2.05) is 0 Å². The molecule has 1 aromatic rings. The number of benzene rings is 1. The van der Waals surface area contributed by atoms with Crippen LogP contribution in [0, 0.1) is 11.6 Å². The fourth-order valence-corrected chi connectivity index (χ4v) is 1.87. The standard InChI is InChI=1S/C12H16F2O/c1-8(15)7-12(2,3)9-5-4-6-10(13)11(9)14/h4-6,8,15H,7H2,1-3H3. The molecular weight excluding hydrogens is 198 g/mol. The molecule has 0 aromatic heterocycles. The molecule has 0 saturated carbocycles. The Bertz CT molecular complexity index is 345. The van der Waals surface area contributed by atoms with Crippen molar-refractivity contribution in [2.24, 2.45) is 0 Å². The quantitative estimate of drug-likeness (QED) is 0.820. The number of hydrogen-bond acceptors (Lipinski definition) is 1. The van der Waals surface area contributed by atoms with Gasteiger partial charge >= 0.3 is 0 Å². The minimum Gasteiger partial charge on any atom is -0.393 e. The summed E-state index contributed by atoms with van der Waals surface area (Å²) in [5.41, 5.74) is -0.260. The van der Waals surface area contributed by atoms with Gasteiger partial charge in [-0.15, -0.1) is 0 Å². The SMILES string of the molecule is CC(O)CC(C)(C)c1cccc(F)c1F. The Morgan fingerprint density at radius 3 is 2.47 bits per heavy atom. The van der Waals surface area contributed by atoms with Crippen molar-refractivity contribution < 1.29 is 13.9 Å². The van der Waals surface area contributed by atoms with Crippen LogP contribution in [0.5, 0.6) is 0 Å². The molecule has 0 aliphatic carbocycles. The molecule has 15 heavy (non-hydrogen) atoms. The topological polar surface area (TPSA) is 20.2 Å². The molecule has 0 fully saturated rings. The van der Waals surface area contributed by atoms with Crippen LogP contribution in [-0.2, 0) is 5.41 Å². The molecule has 0 aliphatic rings. The fraction of sp³-hybridized carbons (Fsp3) is 0.500. The van der Waals surface area contributed by atoms with Crippen molar-refractivity contribution in [1.29, 1.82) is 0 Å². The summed E-state index contributed by atoms with van der Waals surface area (Å²) < 4.78 is 26.5. The smallest absolute Gasteiger partial charge is 0.162 e. The van der Waals surface area contributed by atoms with Crippen LogP contribution in [0.15, 0.2) is 18.2 Å². The predicted molar refractivity (Wildman–Crippen MR) is 55.7 cm³/mol. The highest BCUT2D eigenvalue weighted by atomic mass is 19.2. The van der Waals surface area contributed by atoms with Gasteiger partial charge in [0.2, 0.25) is 0 Å². The average Bonchev–Trinajstić information content (AvgIpc) is 2.07. The van der Waals surface area contributed by atoms with E-state index in [1.54, 1.807) is 26.8 Å². The van der Waals surface area contributed by atoms with E-state index in [1.165, 1.54) is 6.07 Å². The monoisotopic (exact) mass is 214 g/mol. The Balaban J connectivity index is 3.09. The first-order chi connectivity index (χ1) is 6.84. The molecule has 1 N–H and O–H groups in total. The van der Waals surface area contributed by atoms with E-state index in [2.05, 4.69) is 0 Å². The Hall–Kier alpha value is -0.960. The average molecular weight is 214 g/mol. The second-order valence-corrected chi connectivity index (χ2v) is 4.54. The van der Waals surface area contributed by atoms with Crippen LogP contribution < -0.4 is 0 Å². The Morgan fingerprint density at radius 1 is 1.33 bits per heavy atom. The number of rotatable bonds is 3. The molecule has 1 rings (SSSR count). The van der Waals surface area contributed by atoms with Gasteiger partial charge in [0.1, 0.15) is 0 Å². The molecule has 1 atom stereocenters. The van der Waals surface area contributed by atoms with E-state index in [-0.39, 0.29) is 0 Å². The lowest BCUT2D eigenvalue weighted by molar-refractivity contribution is 0.155. The van der Waals surface area contributed by atoms with E-state index in [0.717, 1.165) is 6.07 Å². The molecule has 1 aromatic carbocycles. The van der Waals surface area contributed by atoms with Gasteiger partial charge in [-0.05, 0) is 30.4 Å². The zero-order chi connectivity index (χ0) is 11.6. The molecule has 84 valence electrons. The first kappa shape index (κ1) is 12.1. The van der Waals surface area contributed by atoms with Crippen molar-refractivity contribution >= 4 is 0 Å². The maximum absolute atomic E-state index is 13.5. The second-order valence-electron chi connectivity index (χ2n) is 4.54. The van der Waals surface area contributed by atoms with Crippen LogP contribution in [0.1, 0.15) is 32.8 Å². The molecule has 0 radical (unpaired) electrons. The van der Waals surface area contributed by atoms with Crippen LogP contribution in [0.2, 0.25) is 0 Å². The van der Waals surface area contributed by atoms with E-state index < -0.39 is 23.2 Å². The van der Waals surface area contributed by atoms with Crippen molar-refractivity contribution in [3.8, 4) is 0 Å². The predicted octanol–water partition coefficient (Wildman–Crippen LogP) is 3.01. The normalized spacial score (nSPS) is 14.0. The number of aliphatic hydroxyl groups is 1. The summed E-state index contributed by atoms with van der Waals surface area (Å²) in [6.45, 7) is 5.22. The minimum atomic E-state index is -0.842. The largest absolute Gasteiger partial charge is 0.393 e. The van der Waals surface area contributed by atoms with Crippen LogP contribution in [0.25, 0.3) is 0 Å². The summed E-state index contributed by atoms with van der Waals surface area (Å²) in [5.74, 6) is -1.66. The zero-order valence-corrected chi connectivity index (χ0v) is 9.22. The van der Waals surface area contributed by atoms with E-state index in [9.17, 15) is 13.9 Å². The van der Waals surface area contributed by atoms with Gasteiger partial charge < -0.3 is 5.11 Å². The van der Waals surface area contributed by atoms with Crippen LogP contribution >= 0.6 is 0 Å². The molecule has 0 spiro atoms. The Kier molecular flexibility index (Phi) is 3.45.